The molecule has 27 heavy (non-hydrogen) atoms. The molecule has 0 radical (unpaired) electrons. The maximum absolute atomic E-state index is 12.7. The van der Waals surface area contributed by atoms with E-state index in [2.05, 4.69) is 17.6 Å². The normalized spacial score (nSPS) is 37.4. The number of imide groups is 1. The van der Waals surface area contributed by atoms with Gasteiger partial charge in [-0.2, -0.15) is 0 Å². The molecule has 1 heterocycles. The molecule has 1 atom stereocenters. The Labute approximate surface area is 161 Å². The molecule has 5 rings (SSSR count). The predicted octanol–water partition coefficient (Wildman–Crippen LogP) is 2.82. The fourth-order valence-electron chi connectivity index (χ4n) is 6.84. The van der Waals surface area contributed by atoms with Crippen molar-refractivity contribution in [3.8, 4) is 0 Å². The number of amides is 4. The molecule has 0 spiro atoms. The lowest BCUT2D eigenvalue weighted by molar-refractivity contribution is -0.136. The van der Waals surface area contributed by atoms with Crippen molar-refractivity contribution >= 4 is 17.8 Å². The van der Waals surface area contributed by atoms with Gasteiger partial charge in [0, 0.05) is 6.04 Å². The summed E-state index contributed by atoms with van der Waals surface area (Å²) in [5, 5.41) is 5.95. The molecule has 5 aliphatic rings. The molecule has 1 aliphatic heterocycles. The molecular formula is C21H33N3O3. The van der Waals surface area contributed by atoms with Crippen LogP contribution in [0.1, 0.15) is 72.1 Å². The molecule has 4 aliphatic carbocycles. The van der Waals surface area contributed by atoms with Gasteiger partial charge in [-0.05, 0) is 81.5 Å². The van der Waals surface area contributed by atoms with Crippen LogP contribution in [-0.4, -0.2) is 40.9 Å². The van der Waals surface area contributed by atoms with E-state index in [4.69, 9.17) is 0 Å². The first-order valence-electron chi connectivity index (χ1n) is 10.7. The maximum atomic E-state index is 12.7. The zero-order valence-electron chi connectivity index (χ0n) is 16.8. The van der Waals surface area contributed by atoms with Crippen molar-refractivity contribution in [1.82, 2.24) is 15.5 Å². The second kappa shape index (κ2) is 6.49. The number of nitrogens with one attached hydrogen (secondary N) is 2. The minimum atomic E-state index is -0.844. The van der Waals surface area contributed by atoms with Gasteiger partial charge in [0.15, 0.2) is 0 Å². The molecular weight excluding hydrogens is 342 g/mol. The average Bonchev–Trinajstić information content (AvgIpc) is 2.85. The zero-order valence-corrected chi connectivity index (χ0v) is 16.8. The van der Waals surface area contributed by atoms with Crippen molar-refractivity contribution in [2.75, 3.05) is 6.54 Å². The first-order chi connectivity index (χ1) is 12.8. The van der Waals surface area contributed by atoms with E-state index in [0.717, 1.165) is 22.7 Å². The number of carbonyl (C=O) groups is 3. The van der Waals surface area contributed by atoms with Crippen LogP contribution in [0.3, 0.4) is 0 Å². The molecule has 150 valence electrons. The van der Waals surface area contributed by atoms with Crippen molar-refractivity contribution in [3.63, 3.8) is 0 Å². The van der Waals surface area contributed by atoms with Gasteiger partial charge in [0.05, 0.1) is 0 Å². The second-order valence-corrected chi connectivity index (χ2v) is 9.68. The Kier molecular flexibility index (Phi) is 4.51. The molecule has 4 bridgehead atoms. The zero-order chi connectivity index (χ0) is 19.4. The number of carbonyl (C=O) groups excluding carboxylic acids is 3. The topological polar surface area (TPSA) is 78.5 Å². The quantitative estimate of drug-likeness (QED) is 0.701. The summed E-state index contributed by atoms with van der Waals surface area (Å²) in [7, 11) is 0. The molecule has 2 N–H and O–H groups in total. The van der Waals surface area contributed by atoms with Gasteiger partial charge in [0.2, 0.25) is 5.91 Å². The summed E-state index contributed by atoms with van der Waals surface area (Å²) in [4.78, 5) is 38.8. The third-order valence-electron chi connectivity index (χ3n) is 8.14. The first kappa shape index (κ1) is 18.8. The average molecular weight is 376 g/mol. The number of rotatable bonds is 6. The Morgan fingerprint density at radius 2 is 1.63 bits per heavy atom. The Bertz CT molecular complexity index is 620. The Hall–Kier alpha value is -1.59. The smallest absolute Gasteiger partial charge is 0.325 e. The van der Waals surface area contributed by atoms with Crippen LogP contribution in [0, 0.1) is 23.2 Å². The summed E-state index contributed by atoms with van der Waals surface area (Å²) in [5.41, 5.74) is -0.624. The van der Waals surface area contributed by atoms with Gasteiger partial charge in [-0.15, -0.1) is 0 Å². The van der Waals surface area contributed by atoms with Crippen molar-refractivity contribution < 1.29 is 14.4 Å². The Morgan fingerprint density at radius 1 is 1.11 bits per heavy atom. The van der Waals surface area contributed by atoms with Gasteiger partial charge in [-0.25, -0.2) is 4.79 Å². The third-order valence-corrected chi connectivity index (χ3v) is 8.14. The van der Waals surface area contributed by atoms with E-state index < -0.39 is 11.6 Å². The monoisotopic (exact) mass is 375 g/mol. The number of hydrogen-bond acceptors (Lipinski definition) is 3. The second-order valence-electron chi connectivity index (χ2n) is 9.68. The summed E-state index contributed by atoms with van der Waals surface area (Å²) < 4.78 is 0. The lowest BCUT2D eigenvalue weighted by Gasteiger charge is -2.59. The van der Waals surface area contributed by atoms with Crippen LogP contribution in [0.4, 0.5) is 4.79 Å². The summed E-state index contributed by atoms with van der Waals surface area (Å²) >= 11 is 0. The molecule has 6 nitrogen and oxygen atoms in total. The summed E-state index contributed by atoms with van der Waals surface area (Å²) in [6.07, 6.45) is 8.86. The van der Waals surface area contributed by atoms with E-state index in [1.54, 1.807) is 0 Å². The van der Waals surface area contributed by atoms with Crippen LogP contribution in [-0.2, 0) is 9.59 Å². The standard InChI is InChI=1S/C21H33N3O3/c1-4-21(5-2)18(26)24(19(27)23-21)12-17(25)22-13(3)20-9-14-6-15(10-20)8-16(7-14)11-20/h13-16H,4-12H2,1-3H3,(H,22,25)(H,23,27). The van der Waals surface area contributed by atoms with Crippen LogP contribution in [0.25, 0.3) is 0 Å². The van der Waals surface area contributed by atoms with Crippen molar-refractivity contribution in [1.29, 1.82) is 0 Å². The van der Waals surface area contributed by atoms with Crippen molar-refractivity contribution in [2.45, 2.75) is 83.7 Å². The van der Waals surface area contributed by atoms with Crippen LogP contribution in [0.15, 0.2) is 0 Å². The highest BCUT2D eigenvalue weighted by Crippen LogP contribution is 2.61. The SMILES string of the molecule is CCC1(CC)NC(=O)N(CC(=O)NC(C)C23CC4CC(CC(C4)C2)C3)C1=O. The largest absolute Gasteiger partial charge is 0.352 e. The van der Waals surface area contributed by atoms with E-state index in [1.165, 1.54) is 38.5 Å². The van der Waals surface area contributed by atoms with E-state index >= 15 is 0 Å². The van der Waals surface area contributed by atoms with Crippen LogP contribution >= 0.6 is 0 Å². The molecule has 0 aromatic heterocycles. The minimum Gasteiger partial charge on any atom is -0.352 e. The van der Waals surface area contributed by atoms with Crippen LogP contribution < -0.4 is 10.6 Å². The van der Waals surface area contributed by atoms with Gasteiger partial charge < -0.3 is 10.6 Å². The van der Waals surface area contributed by atoms with E-state index in [9.17, 15) is 14.4 Å². The molecule has 0 aromatic rings. The molecule has 4 amide bonds. The van der Waals surface area contributed by atoms with Gasteiger partial charge in [-0.3, -0.25) is 14.5 Å². The minimum absolute atomic E-state index is 0.0984. The molecule has 0 aromatic carbocycles. The maximum Gasteiger partial charge on any atom is 0.325 e. The summed E-state index contributed by atoms with van der Waals surface area (Å²) in [6.45, 7) is 5.73. The van der Waals surface area contributed by atoms with E-state index in [0.29, 0.717) is 12.8 Å². The Morgan fingerprint density at radius 3 is 2.07 bits per heavy atom. The number of urea groups is 1. The predicted molar refractivity (Wildman–Crippen MR) is 102 cm³/mol. The third kappa shape index (κ3) is 2.95. The summed E-state index contributed by atoms with van der Waals surface area (Å²) in [5.74, 6) is 2.00. The highest BCUT2D eigenvalue weighted by atomic mass is 16.2. The molecule has 1 unspecified atom stereocenters. The first-order valence-corrected chi connectivity index (χ1v) is 10.7. The van der Waals surface area contributed by atoms with Gasteiger partial charge >= 0.3 is 6.03 Å². The highest BCUT2D eigenvalue weighted by Gasteiger charge is 2.54. The fraction of sp³-hybridized carbons (Fsp3) is 0.857. The van der Waals surface area contributed by atoms with E-state index in [1.807, 2.05) is 13.8 Å². The van der Waals surface area contributed by atoms with E-state index in [-0.39, 0.29) is 29.8 Å². The van der Waals surface area contributed by atoms with Crippen LogP contribution in [0.5, 0.6) is 0 Å². The lowest BCUT2D eigenvalue weighted by Crippen LogP contribution is -2.57. The van der Waals surface area contributed by atoms with Gasteiger partial charge in [0.25, 0.3) is 5.91 Å². The molecule has 5 fully saturated rings. The van der Waals surface area contributed by atoms with Crippen molar-refractivity contribution in [3.05, 3.63) is 0 Å². The molecule has 6 heteroatoms. The molecule has 1 saturated heterocycles. The van der Waals surface area contributed by atoms with Gasteiger partial charge in [-0.1, -0.05) is 13.8 Å². The molecule has 4 saturated carbocycles. The number of nitrogens with zero attached hydrogens (tertiary/aromatic N) is 1. The Balaban J connectivity index is 1.40. The number of hydrogen-bond donors (Lipinski definition) is 2. The van der Waals surface area contributed by atoms with Crippen LogP contribution in [0.2, 0.25) is 0 Å². The highest BCUT2D eigenvalue weighted by molar-refractivity contribution is 6.09. The summed E-state index contributed by atoms with van der Waals surface area (Å²) in [6, 6.07) is -0.345. The lowest BCUT2D eigenvalue weighted by atomic mass is 9.48. The fourth-order valence-corrected chi connectivity index (χ4v) is 6.84. The van der Waals surface area contributed by atoms with Crippen molar-refractivity contribution in [2.24, 2.45) is 23.2 Å². The van der Waals surface area contributed by atoms with Gasteiger partial charge in [0.1, 0.15) is 12.1 Å².